The standard InChI is InChI=1S/C20H27N5O2/c21-18-23-19(22)25(20(24-18)12-4-1-5-13-20)15-10-8-14(9-11-15)17(26)27-16-6-2-3-7-16/h8-11,16H,1-7,12-13H2,(H4,21,22,23,24). The SMILES string of the molecule is NC1=NC2(CCCCC2)N(c2ccc(C(=O)OC3CCCC3)cc2)C(N)=N1. The molecule has 1 aromatic carbocycles. The van der Waals surface area contributed by atoms with Crippen molar-refractivity contribution in [1.29, 1.82) is 0 Å². The molecule has 2 fully saturated rings. The smallest absolute Gasteiger partial charge is 0.338 e. The van der Waals surface area contributed by atoms with Crippen LogP contribution in [-0.4, -0.2) is 29.7 Å². The van der Waals surface area contributed by atoms with Crippen molar-refractivity contribution in [2.24, 2.45) is 21.5 Å². The van der Waals surface area contributed by atoms with Gasteiger partial charge in [0.2, 0.25) is 11.9 Å². The summed E-state index contributed by atoms with van der Waals surface area (Å²) in [6.45, 7) is 0. The number of anilines is 1. The molecule has 7 heteroatoms. The van der Waals surface area contributed by atoms with Crippen LogP contribution in [0.1, 0.15) is 68.1 Å². The van der Waals surface area contributed by atoms with Gasteiger partial charge < -0.3 is 16.2 Å². The molecule has 144 valence electrons. The Bertz CT molecular complexity index is 759. The average Bonchev–Trinajstić information content (AvgIpc) is 3.15. The highest BCUT2D eigenvalue weighted by Gasteiger charge is 2.42. The first-order valence-corrected chi connectivity index (χ1v) is 9.88. The molecule has 2 aliphatic carbocycles. The van der Waals surface area contributed by atoms with Gasteiger partial charge in [-0.3, -0.25) is 4.90 Å². The van der Waals surface area contributed by atoms with E-state index in [0.717, 1.165) is 57.1 Å². The molecule has 1 heterocycles. The zero-order chi connectivity index (χ0) is 18.9. The first-order chi connectivity index (χ1) is 13.1. The van der Waals surface area contributed by atoms with Gasteiger partial charge in [-0.15, -0.1) is 0 Å². The molecule has 1 aromatic rings. The summed E-state index contributed by atoms with van der Waals surface area (Å²) in [6, 6.07) is 7.36. The van der Waals surface area contributed by atoms with Gasteiger partial charge in [0.1, 0.15) is 11.8 Å². The molecule has 0 atom stereocenters. The van der Waals surface area contributed by atoms with Crippen LogP contribution in [0, 0.1) is 0 Å². The number of guanidine groups is 2. The van der Waals surface area contributed by atoms with Gasteiger partial charge in [-0.1, -0.05) is 6.42 Å². The summed E-state index contributed by atoms with van der Waals surface area (Å²) in [7, 11) is 0. The zero-order valence-electron chi connectivity index (χ0n) is 15.6. The van der Waals surface area contributed by atoms with Crippen LogP contribution < -0.4 is 16.4 Å². The van der Waals surface area contributed by atoms with Crippen LogP contribution in [0.15, 0.2) is 34.3 Å². The normalized spacial score (nSPS) is 22.4. The van der Waals surface area contributed by atoms with Crippen molar-refractivity contribution < 1.29 is 9.53 Å². The lowest BCUT2D eigenvalue weighted by atomic mass is 9.87. The van der Waals surface area contributed by atoms with Gasteiger partial charge in [0.05, 0.1) is 5.56 Å². The van der Waals surface area contributed by atoms with Gasteiger partial charge in [-0.05, 0) is 75.6 Å². The van der Waals surface area contributed by atoms with Gasteiger partial charge in [-0.2, -0.15) is 4.99 Å². The molecule has 2 saturated carbocycles. The third-order valence-corrected chi connectivity index (χ3v) is 5.79. The molecule has 3 aliphatic rings. The maximum atomic E-state index is 12.4. The lowest BCUT2D eigenvalue weighted by Crippen LogP contribution is -2.58. The largest absolute Gasteiger partial charge is 0.459 e. The Kier molecular flexibility index (Phi) is 4.76. The van der Waals surface area contributed by atoms with Crippen molar-refractivity contribution in [2.75, 3.05) is 4.90 Å². The van der Waals surface area contributed by atoms with Crippen molar-refractivity contribution in [3.8, 4) is 0 Å². The molecular weight excluding hydrogens is 342 g/mol. The van der Waals surface area contributed by atoms with E-state index in [9.17, 15) is 4.79 Å². The third kappa shape index (κ3) is 3.50. The number of hydrogen-bond acceptors (Lipinski definition) is 7. The fourth-order valence-electron chi connectivity index (χ4n) is 4.47. The lowest BCUT2D eigenvalue weighted by Gasteiger charge is -2.45. The number of carbonyl (C=O) groups excluding carboxylic acids is 1. The molecule has 0 aromatic heterocycles. The van der Waals surface area contributed by atoms with Crippen molar-refractivity contribution in [3.05, 3.63) is 29.8 Å². The van der Waals surface area contributed by atoms with Crippen LogP contribution in [-0.2, 0) is 4.74 Å². The molecule has 4 N–H and O–H groups in total. The van der Waals surface area contributed by atoms with Gasteiger partial charge in [0, 0.05) is 5.69 Å². The first-order valence-electron chi connectivity index (χ1n) is 9.88. The molecule has 0 amide bonds. The van der Waals surface area contributed by atoms with E-state index in [2.05, 4.69) is 9.98 Å². The predicted octanol–water partition coefficient (Wildman–Crippen LogP) is 2.90. The number of nitrogens with zero attached hydrogens (tertiary/aromatic N) is 3. The monoisotopic (exact) mass is 369 g/mol. The Morgan fingerprint density at radius 1 is 1.04 bits per heavy atom. The topological polar surface area (TPSA) is 106 Å². The fraction of sp³-hybridized carbons (Fsp3) is 0.550. The zero-order valence-corrected chi connectivity index (χ0v) is 15.6. The number of aliphatic imine (C=N–C) groups is 2. The van der Waals surface area contributed by atoms with Gasteiger partial charge >= 0.3 is 5.97 Å². The third-order valence-electron chi connectivity index (χ3n) is 5.79. The number of carbonyl (C=O) groups is 1. The Morgan fingerprint density at radius 3 is 2.37 bits per heavy atom. The molecule has 4 rings (SSSR count). The number of benzene rings is 1. The van der Waals surface area contributed by atoms with E-state index in [1.807, 2.05) is 17.0 Å². The summed E-state index contributed by atoms with van der Waals surface area (Å²) in [5, 5.41) is 0. The maximum absolute atomic E-state index is 12.4. The first kappa shape index (κ1) is 17.8. The fourth-order valence-corrected chi connectivity index (χ4v) is 4.47. The van der Waals surface area contributed by atoms with E-state index >= 15 is 0 Å². The Labute approximate surface area is 159 Å². The van der Waals surface area contributed by atoms with Crippen LogP contribution >= 0.6 is 0 Å². The van der Waals surface area contributed by atoms with E-state index in [1.165, 1.54) is 6.42 Å². The van der Waals surface area contributed by atoms with Crippen molar-refractivity contribution >= 4 is 23.6 Å². The second-order valence-electron chi connectivity index (χ2n) is 7.68. The summed E-state index contributed by atoms with van der Waals surface area (Å²) in [5.41, 5.74) is 13.1. The molecular formula is C20H27N5O2. The highest BCUT2D eigenvalue weighted by Crippen LogP contribution is 2.39. The van der Waals surface area contributed by atoms with Gasteiger partial charge in [0.25, 0.3) is 0 Å². The van der Waals surface area contributed by atoms with Crippen molar-refractivity contribution in [2.45, 2.75) is 69.6 Å². The van der Waals surface area contributed by atoms with Crippen molar-refractivity contribution in [1.82, 2.24) is 0 Å². The predicted molar refractivity (Wildman–Crippen MR) is 106 cm³/mol. The van der Waals surface area contributed by atoms with E-state index in [4.69, 9.17) is 16.2 Å². The second-order valence-corrected chi connectivity index (χ2v) is 7.68. The Hall–Kier alpha value is -2.57. The van der Waals surface area contributed by atoms with Crippen molar-refractivity contribution in [3.63, 3.8) is 0 Å². The summed E-state index contributed by atoms with van der Waals surface area (Å²) in [5.74, 6) is 0.330. The summed E-state index contributed by atoms with van der Waals surface area (Å²) >= 11 is 0. The number of hydrogen-bond donors (Lipinski definition) is 2. The lowest BCUT2D eigenvalue weighted by molar-refractivity contribution is 0.0318. The highest BCUT2D eigenvalue weighted by molar-refractivity contribution is 6.05. The molecule has 1 spiro atoms. The van der Waals surface area contributed by atoms with Gasteiger partial charge in [0.15, 0.2) is 0 Å². The minimum Gasteiger partial charge on any atom is -0.459 e. The van der Waals surface area contributed by atoms with Crippen LogP contribution in [0.5, 0.6) is 0 Å². The summed E-state index contributed by atoms with van der Waals surface area (Å²) in [6.07, 6.45) is 9.37. The van der Waals surface area contributed by atoms with Crippen LogP contribution in [0.3, 0.4) is 0 Å². The van der Waals surface area contributed by atoms with E-state index in [0.29, 0.717) is 11.5 Å². The number of rotatable bonds is 3. The summed E-state index contributed by atoms with van der Waals surface area (Å²) < 4.78 is 5.59. The molecule has 1 aliphatic heterocycles. The van der Waals surface area contributed by atoms with E-state index in [1.54, 1.807) is 12.1 Å². The van der Waals surface area contributed by atoms with Crippen LogP contribution in [0.2, 0.25) is 0 Å². The molecule has 0 unspecified atom stereocenters. The average molecular weight is 369 g/mol. The van der Waals surface area contributed by atoms with Crippen LogP contribution in [0.25, 0.3) is 0 Å². The Balaban J connectivity index is 1.56. The van der Waals surface area contributed by atoms with E-state index in [-0.39, 0.29) is 18.0 Å². The highest BCUT2D eigenvalue weighted by atomic mass is 16.5. The Morgan fingerprint density at radius 2 is 1.70 bits per heavy atom. The molecule has 7 nitrogen and oxygen atoms in total. The van der Waals surface area contributed by atoms with Crippen LogP contribution in [0.4, 0.5) is 5.69 Å². The number of ether oxygens (including phenoxy) is 1. The molecule has 0 saturated heterocycles. The second kappa shape index (κ2) is 7.21. The molecule has 0 bridgehead atoms. The quantitative estimate of drug-likeness (QED) is 0.797. The molecule has 0 radical (unpaired) electrons. The number of esters is 1. The molecule has 27 heavy (non-hydrogen) atoms. The minimum absolute atomic E-state index is 0.0601. The summed E-state index contributed by atoms with van der Waals surface area (Å²) in [4.78, 5) is 23.2. The minimum atomic E-state index is -0.472. The number of nitrogens with two attached hydrogens (primary N) is 2. The maximum Gasteiger partial charge on any atom is 0.338 e. The van der Waals surface area contributed by atoms with Gasteiger partial charge in [-0.25, -0.2) is 9.79 Å². The van der Waals surface area contributed by atoms with E-state index < -0.39 is 5.66 Å².